The van der Waals surface area contributed by atoms with Crippen molar-refractivity contribution in [3.63, 3.8) is 0 Å². The topological polar surface area (TPSA) is 97.4 Å². The third-order valence-electron chi connectivity index (χ3n) is 2.97. The van der Waals surface area contributed by atoms with Gasteiger partial charge in [0.1, 0.15) is 11.4 Å². The molecular weight excluding hydrogens is 274 g/mol. The van der Waals surface area contributed by atoms with Crippen LogP contribution in [0.1, 0.15) is 16.1 Å². The van der Waals surface area contributed by atoms with Gasteiger partial charge in [-0.3, -0.25) is 14.9 Å². The smallest absolute Gasteiger partial charge is 0.293 e. The molecule has 0 saturated carbocycles. The summed E-state index contributed by atoms with van der Waals surface area (Å²) in [5, 5.41) is 16.4. The van der Waals surface area contributed by atoms with Crippen LogP contribution in [0, 0.1) is 10.1 Å². The summed E-state index contributed by atoms with van der Waals surface area (Å²) in [5.74, 6) is 0.401. The Bertz CT molecular complexity index is 638. The first-order chi connectivity index (χ1) is 10.1. The fourth-order valence-electron chi connectivity index (χ4n) is 1.99. The molecular formula is C14H15N3O4. The van der Waals surface area contributed by atoms with Crippen LogP contribution in [0.2, 0.25) is 0 Å². The number of nitro groups is 1. The highest BCUT2D eigenvalue weighted by atomic mass is 16.6. The predicted molar refractivity (Wildman–Crippen MR) is 77.4 cm³/mol. The van der Waals surface area contributed by atoms with Gasteiger partial charge in [-0.25, -0.2) is 0 Å². The molecule has 0 aliphatic carbocycles. The number of carbonyl (C=O) groups is 1. The highest BCUT2D eigenvalue weighted by molar-refractivity contribution is 6.01. The Morgan fingerprint density at radius 3 is 2.76 bits per heavy atom. The van der Waals surface area contributed by atoms with E-state index < -0.39 is 4.92 Å². The molecule has 1 heterocycles. The van der Waals surface area contributed by atoms with E-state index in [1.807, 2.05) is 6.07 Å². The quantitative estimate of drug-likeness (QED) is 0.627. The van der Waals surface area contributed by atoms with Crippen LogP contribution in [0.25, 0.3) is 0 Å². The molecule has 0 unspecified atom stereocenters. The third kappa shape index (κ3) is 3.38. The summed E-state index contributed by atoms with van der Waals surface area (Å²) in [7, 11) is 1.54. The standard InChI is InChI=1S/C14H15N3O4/c1-15-13-11(5-2-6-12(13)17(19)20)14(18)16-8-7-10-4-3-9-21-10/h2-6,9,15H,7-8H2,1H3,(H,16,18). The van der Waals surface area contributed by atoms with Gasteiger partial charge in [0.25, 0.3) is 11.6 Å². The first-order valence-corrected chi connectivity index (χ1v) is 6.39. The second-order valence-corrected chi connectivity index (χ2v) is 4.29. The molecule has 7 nitrogen and oxygen atoms in total. The second-order valence-electron chi connectivity index (χ2n) is 4.29. The van der Waals surface area contributed by atoms with E-state index in [4.69, 9.17) is 4.42 Å². The Hall–Kier alpha value is -2.83. The van der Waals surface area contributed by atoms with Gasteiger partial charge in [-0.15, -0.1) is 0 Å². The van der Waals surface area contributed by atoms with Crippen molar-refractivity contribution in [3.8, 4) is 0 Å². The molecule has 0 fully saturated rings. The molecule has 0 saturated heterocycles. The van der Waals surface area contributed by atoms with E-state index >= 15 is 0 Å². The number of rotatable bonds is 6. The number of nitrogens with zero attached hydrogens (tertiary/aromatic N) is 1. The number of carbonyl (C=O) groups excluding carboxylic acids is 1. The normalized spacial score (nSPS) is 10.1. The number of benzene rings is 1. The molecule has 0 aliphatic rings. The number of amides is 1. The number of hydrogen-bond acceptors (Lipinski definition) is 5. The minimum Gasteiger partial charge on any atom is -0.469 e. The van der Waals surface area contributed by atoms with Crippen LogP contribution in [-0.4, -0.2) is 24.4 Å². The van der Waals surface area contributed by atoms with Crippen molar-refractivity contribution < 1.29 is 14.1 Å². The van der Waals surface area contributed by atoms with Crippen LogP contribution >= 0.6 is 0 Å². The lowest BCUT2D eigenvalue weighted by atomic mass is 10.1. The minimum absolute atomic E-state index is 0.129. The first kappa shape index (κ1) is 14.6. The number of furan rings is 1. The fraction of sp³-hybridized carbons (Fsp3) is 0.214. The lowest BCUT2D eigenvalue weighted by molar-refractivity contribution is -0.384. The fourth-order valence-corrected chi connectivity index (χ4v) is 1.99. The van der Waals surface area contributed by atoms with Gasteiger partial charge in [-0.2, -0.15) is 0 Å². The largest absolute Gasteiger partial charge is 0.469 e. The molecule has 0 atom stereocenters. The van der Waals surface area contributed by atoms with Crippen molar-refractivity contribution in [3.05, 3.63) is 58.0 Å². The van der Waals surface area contributed by atoms with Crippen molar-refractivity contribution in [2.45, 2.75) is 6.42 Å². The van der Waals surface area contributed by atoms with Gasteiger partial charge < -0.3 is 15.1 Å². The van der Waals surface area contributed by atoms with Gasteiger partial charge in [0.05, 0.1) is 16.7 Å². The number of nitro benzene ring substituents is 1. The lowest BCUT2D eigenvalue weighted by Crippen LogP contribution is -2.26. The zero-order chi connectivity index (χ0) is 15.2. The van der Waals surface area contributed by atoms with Crippen molar-refractivity contribution in [2.24, 2.45) is 0 Å². The lowest BCUT2D eigenvalue weighted by Gasteiger charge is -2.09. The second kappa shape index (κ2) is 6.56. The summed E-state index contributed by atoms with van der Waals surface area (Å²) in [5.41, 5.74) is 0.320. The van der Waals surface area contributed by atoms with E-state index in [0.29, 0.717) is 13.0 Å². The highest BCUT2D eigenvalue weighted by Gasteiger charge is 2.20. The van der Waals surface area contributed by atoms with Crippen molar-refractivity contribution in [1.29, 1.82) is 0 Å². The maximum absolute atomic E-state index is 12.1. The average Bonchev–Trinajstić information content (AvgIpc) is 2.99. The first-order valence-electron chi connectivity index (χ1n) is 6.39. The van der Waals surface area contributed by atoms with E-state index in [1.165, 1.54) is 12.1 Å². The van der Waals surface area contributed by atoms with E-state index in [-0.39, 0.29) is 22.8 Å². The maximum atomic E-state index is 12.1. The van der Waals surface area contributed by atoms with Crippen LogP contribution < -0.4 is 10.6 Å². The summed E-state index contributed by atoms with van der Waals surface area (Å²) >= 11 is 0. The molecule has 2 rings (SSSR count). The molecule has 1 amide bonds. The number of hydrogen-bond donors (Lipinski definition) is 2. The van der Waals surface area contributed by atoms with Gasteiger partial charge >= 0.3 is 0 Å². The summed E-state index contributed by atoms with van der Waals surface area (Å²) in [4.78, 5) is 22.5. The maximum Gasteiger partial charge on any atom is 0.293 e. The number of para-hydroxylation sites is 1. The van der Waals surface area contributed by atoms with Gasteiger partial charge in [-0.1, -0.05) is 6.07 Å². The Morgan fingerprint density at radius 1 is 1.33 bits per heavy atom. The summed E-state index contributed by atoms with van der Waals surface area (Å²) in [6.07, 6.45) is 2.12. The highest BCUT2D eigenvalue weighted by Crippen LogP contribution is 2.27. The van der Waals surface area contributed by atoms with Gasteiger partial charge in [0.15, 0.2) is 0 Å². The van der Waals surface area contributed by atoms with E-state index in [2.05, 4.69) is 10.6 Å². The van der Waals surface area contributed by atoms with Gasteiger partial charge in [0, 0.05) is 26.1 Å². The molecule has 1 aromatic carbocycles. The van der Waals surface area contributed by atoms with Crippen LogP contribution in [0.5, 0.6) is 0 Å². The summed E-state index contributed by atoms with van der Waals surface area (Å²) < 4.78 is 5.16. The Kier molecular flexibility index (Phi) is 4.55. The van der Waals surface area contributed by atoms with Crippen LogP contribution in [0.4, 0.5) is 11.4 Å². The molecule has 110 valence electrons. The van der Waals surface area contributed by atoms with Crippen molar-refractivity contribution >= 4 is 17.3 Å². The van der Waals surface area contributed by atoms with E-state index in [0.717, 1.165) is 5.76 Å². The molecule has 0 bridgehead atoms. The molecule has 2 N–H and O–H groups in total. The van der Waals surface area contributed by atoms with Crippen molar-refractivity contribution in [2.75, 3.05) is 18.9 Å². The molecule has 2 aromatic rings. The zero-order valence-corrected chi connectivity index (χ0v) is 11.5. The third-order valence-corrected chi connectivity index (χ3v) is 2.97. The summed E-state index contributed by atoms with van der Waals surface area (Å²) in [6, 6.07) is 7.97. The van der Waals surface area contributed by atoms with Crippen LogP contribution in [0.15, 0.2) is 41.0 Å². The number of nitrogens with one attached hydrogen (secondary N) is 2. The Labute approximate surface area is 121 Å². The van der Waals surface area contributed by atoms with E-state index in [9.17, 15) is 14.9 Å². The molecule has 7 heteroatoms. The molecule has 0 aliphatic heterocycles. The number of anilines is 1. The van der Waals surface area contributed by atoms with Gasteiger partial charge in [-0.05, 0) is 18.2 Å². The van der Waals surface area contributed by atoms with Gasteiger partial charge in [0.2, 0.25) is 0 Å². The summed E-state index contributed by atoms with van der Waals surface area (Å²) in [6.45, 7) is 0.387. The molecule has 21 heavy (non-hydrogen) atoms. The Balaban J connectivity index is 2.08. The van der Waals surface area contributed by atoms with Crippen LogP contribution in [0.3, 0.4) is 0 Å². The molecule has 0 radical (unpaired) electrons. The van der Waals surface area contributed by atoms with E-state index in [1.54, 1.807) is 25.4 Å². The molecule has 1 aromatic heterocycles. The minimum atomic E-state index is -0.522. The molecule has 0 spiro atoms. The monoisotopic (exact) mass is 289 g/mol. The Morgan fingerprint density at radius 2 is 2.14 bits per heavy atom. The average molecular weight is 289 g/mol. The SMILES string of the molecule is CNc1c(C(=O)NCCc2ccco2)cccc1[N+](=O)[O-]. The van der Waals surface area contributed by atoms with Crippen molar-refractivity contribution in [1.82, 2.24) is 5.32 Å². The predicted octanol–water partition coefficient (Wildman–Crippen LogP) is 2.20. The van der Waals surface area contributed by atoms with Crippen LogP contribution in [-0.2, 0) is 6.42 Å². The zero-order valence-electron chi connectivity index (χ0n) is 11.5.